The van der Waals surface area contributed by atoms with Crippen LogP contribution < -0.4 is 10.1 Å². The summed E-state index contributed by atoms with van der Waals surface area (Å²) in [5.41, 5.74) is 0.866. The Balaban J connectivity index is 1.87. The molecule has 1 unspecified atom stereocenters. The molecule has 136 valence electrons. The van der Waals surface area contributed by atoms with Gasteiger partial charge in [-0.25, -0.2) is 4.79 Å². The molecule has 0 bridgehead atoms. The molecular weight excluding hydrogens is 340 g/mol. The largest absolute Gasteiger partial charge is 0.497 e. The van der Waals surface area contributed by atoms with Crippen molar-refractivity contribution in [3.8, 4) is 5.75 Å². The van der Waals surface area contributed by atoms with E-state index in [2.05, 4.69) is 5.32 Å². The molecule has 0 aliphatic heterocycles. The van der Waals surface area contributed by atoms with Crippen LogP contribution in [0.15, 0.2) is 48.5 Å². The van der Waals surface area contributed by atoms with Gasteiger partial charge >= 0.3 is 5.97 Å². The van der Waals surface area contributed by atoms with Crippen molar-refractivity contribution < 1.29 is 24.0 Å². The summed E-state index contributed by atoms with van der Waals surface area (Å²) >= 11 is 0. The maximum Gasteiger partial charge on any atom is 0.338 e. The summed E-state index contributed by atoms with van der Waals surface area (Å²) in [5, 5.41) is 13.3. The fraction of sp³-hybridized carbons (Fsp3) is 0.222. The second-order valence-electron chi connectivity index (χ2n) is 5.42. The summed E-state index contributed by atoms with van der Waals surface area (Å²) in [4.78, 5) is 34.1. The zero-order chi connectivity index (χ0) is 19.1. The zero-order valence-electron chi connectivity index (χ0n) is 14.3. The second-order valence-corrected chi connectivity index (χ2v) is 5.42. The van der Waals surface area contributed by atoms with Crippen LogP contribution >= 0.6 is 0 Å². The smallest absolute Gasteiger partial charge is 0.338 e. The molecule has 0 heterocycles. The summed E-state index contributed by atoms with van der Waals surface area (Å²) in [6.45, 7) is 1.73. The van der Waals surface area contributed by atoms with Gasteiger partial charge in [0.2, 0.25) is 0 Å². The third-order valence-electron chi connectivity index (χ3n) is 3.59. The zero-order valence-corrected chi connectivity index (χ0v) is 14.3. The molecule has 8 heteroatoms. The molecule has 0 aliphatic rings. The van der Waals surface area contributed by atoms with E-state index in [1.807, 2.05) is 12.1 Å². The molecular formula is C18H18N2O6. The van der Waals surface area contributed by atoms with Crippen molar-refractivity contribution in [3.63, 3.8) is 0 Å². The molecule has 0 aromatic heterocycles. The van der Waals surface area contributed by atoms with Gasteiger partial charge in [0.1, 0.15) is 5.75 Å². The van der Waals surface area contributed by atoms with Gasteiger partial charge in [0, 0.05) is 18.7 Å². The average Bonchev–Trinajstić information content (AvgIpc) is 2.66. The van der Waals surface area contributed by atoms with Crippen LogP contribution in [-0.2, 0) is 16.1 Å². The van der Waals surface area contributed by atoms with Crippen LogP contribution in [0.5, 0.6) is 5.75 Å². The maximum atomic E-state index is 12.0. The lowest BCUT2D eigenvalue weighted by Gasteiger charge is -2.13. The number of esters is 1. The lowest BCUT2D eigenvalue weighted by atomic mass is 10.2. The molecule has 0 saturated carbocycles. The highest BCUT2D eigenvalue weighted by molar-refractivity contribution is 5.92. The normalized spacial score (nSPS) is 11.3. The number of hydrogen-bond donors (Lipinski definition) is 1. The lowest BCUT2D eigenvalue weighted by Crippen LogP contribution is -2.35. The van der Waals surface area contributed by atoms with E-state index in [0.29, 0.717) is 5.75 Å². The first kappa shape index (κ1) is 18.9. The van der Waals surface area contributed by atoms with Crippen molar-refractivity contribution in [1.29, 1.82) is 0 Å². The molecule has 1 atom stereocenters. The maximum absolute atomic E-state index is 12.0. The van der Waals surface area contributed by atoms with Crippen LogP contribution in [0.1, 0.15) is 22.8 Å². The number of methoxy groups -OCH3 is 1. The van der Waals surface area contributed by atoms with E-state index >= 15 is 0 Å². The molecule has 2 aromatic rings. The number of nitro groups is 1. The van der Waals surface area contributed by atoms with Gasteiger partial charge in [0.25, 0.3) is 11.6 Å². The molecule has 2 aromatic carbocycles. The van der Waals surface area contributed by atoms with Crippen LogP contribution in [-0.4, -0.2) is 30.0 Å². The van der Waals surface area contributed by atoms with Gasteiger partial charge in [0.05, 0.1) is 17.6 Å². The van der Waals surface area contributed by atoms with Crippen molar-refractivity contribution in [2.45, 2.75) is 19.6 Å². The minimum atomic E-state index is -1.00. The Hall–Kier alpha value is -3.42. The number of nitrogens with zero attached hydrogens (tertiary/aromatic N) is 1. The number of benzene rings is 2. The summed E-state index contributed by atoms with van der Waals surface area (Å²) in [7, 11) is 1.57. The Morgan fingerprint density at radius 3 is 2.27 bits per heavy atom. The number of carbonyl (C=O) groups is 2. The van der Waals surface area contributed by atoms with E-state index in [1.54, 1.807) is 19.2 Å². The van der Waals surface area contributed by atoms with E-state index in [4.69, 9.17) is 9.47 Å². The molecule has 1 N–H and O–H groups in total. The Morgan fingerprint density at radius 1 is 1.12 bits per heavy atom. The topological polar surface area (TPSA) is 108 Å². The van der Waals surface area contributed by atoms with Gasteiger partial charge in [-0.05, 0) is 36.8 Å². The highest BCUT2D eigenvalue weighted by Gasteiger charge is 2.19. The SMILES string of the molecule is COc1ccc(CNC(=O)C(C)OC(=O)c2ccc([N+](=O)[O-])cc2)cc1. The quantitative estimate of drug-likeness (QED) is 0.463. The van der Waals surface area contributed by atoms with E-state index in [1.165, 1.54) is 31.2 Å². The predicted octanol–water partition coefficient (Wildman–Crippen LogP) is 2.47. The highest BCUT2D eigenvalue weighted by Crippen LogP contribution is 2.14. The number of non-ortho nitro benzene ring substituents is 1. The number of rotatable bonds is 7. The van der Waals surface area contributed by atoms with Crippen LogP contribution in [0, 0.1) is 10.1 Å². The second kappa shape index (κ2) is 8.61. The first-order valence-electron chi connectivity index (χ1n) is 7.77. The van der Waals surface area contributed by atoms with Crippen LogP contribution in [0.3, 0.4) is 0 Å². The Morgan fingerprint density at radius 2 is 1.73 bits per heavy atom. The van der Waals surface area contributed by atoms with Crippen molar-refractivity contribution >= 4 is 17.6 Å². The molecule has 0 aliphatic carbocycles. The highest BCUT2D eigenvalue weighted by atomic mass is 16.6. The van der Waals surface area contributed by atoms with Gasteiger partial charge in [-0.15, -0.1) is 0 Å². The number of nitrogens with one attached hydrogen (secondary N) is 1. The third-order valence-corrected chi connectivity index (χ3v) is 3.59. The Bertz CT molecular complexity index is 786. The van der Waals surface area contributed by atoms with Crippen molar-refractivity contribution in [3.05, 3.63) is 69.8 Å². The van der Waals surface area contributed by atoms with E-state index in [-0.39, 0.29) is 17.8 Å². The predicted molar refractivity (Wildman–Crippen MR) is 92.8 cm³/mol. The molecule has 8 nitrogen and oxygen atoms in total. The monoisotopic (exact) mass is 358 g/mol. The standard InChI is InChI=1S/C18H18N2O6/c1-12(17(21)19-11-13-3-9-16(25-2)10-4-13)26-18(22)14-5-7-15(8-6-14)20(23)24/h3-10,12H,11H2,1-2H3,(H,19,21). The fourth-order valence-corrected chi connectivity index (χ4v) is 2.08. The number of ether oxygens (including phenoxy) is 2. The number of amides is 1. The summed E-state index contributed by atoms with van der Waals surface area (Å²) < 4.78 is 10.1. The summed E-state index contributed by atoms with van der Waals surface area (Å²) in [6, 6.07) is 12.1. The first-order chi connectivity index (χ1) is 12.4. The molecule has 0 saturated heterocycles. The molecule has 0 radical (unpaired) electrons. The van der Waals surface area contributed by atoms with Crippen molar-refractivity contribution in [2.75, 3.05) is 7.11 Å². The Labute approximate surface area is 149 Å². The summed E-state index contributed by atoms with van der Waals surface area (Å²) in [5.74, 6) is -0.464. The first-order valence-corrected chi connectivity index (χ1v) is 7.77. The number of carbonyl (C=O) groups excluding carboxylic acids is 2. The molecule has 2 rings (SSSR count). The van der Waals surface area contributed by atoms with E-state index < -0.39 is 22.9 Å². The molecule has 0 fully saturated rings. The van der Waals surface area contributed by atoms with Gasteiger partial charge in [0.15, 0.2) is 6.10 Å². The van der Waals surface area contributed by atoms with Gasteiger partial charge < -0.3 is 14.8 Å². The minimum absolute atomic E-state index is 0.130. The van der Waals surface area contributed by atoms with E-state index in [0.717, 1.165) is 5.56 Å². The lowest BCUT2D eigenvalue weighted by molar-refractivity contribution is -0.384. The molecule has 1 amide bonds. The van der Waals surface area contributed by atoms with Crippen molar-refractivity contribution in [2.24, 2.45) is 0 Å². The van der Waals surface area contributed by atoms with E-state index in [9.17, 15) is 19.7 Å². The summed E-state index contributed by atoms with van der Waals surface area (Å²) in [6.07, 6.45) is -1.00. The number of nitro benzene ring substituents is 1. The van der Waals surface area contributed by atoms with Gasteiger partial charge in [-0.2, -0.15) is 0 Å². The average molecular weight is 358 g/mol. The molecule has 26 heavy (non-hydrogen) atoms. The number of hydrogen-bond acceptors (Lipinski definition) is 6. The fourth-order valence-electron chi connectivity index (χ4n) is 2.08. The molecule has 0 spiro atoms. The van der Waals surface area contributed by atoms with Gasteiger partial charge in [-0.3, -0.25) is 14.9 Å². The van der Waals surface area contributed by atoms with Crippen LogP contribution in [0.2, 0.25) is 0 Å². The minimum Gasteiger partial charge on any atom is -0.497 e. The third kappa shape index (κ3) is 5.04. The van der Waals surface area contributed by atoms with Gasteiger partial charge in [-0.1, -0.05) is 12.1 Å². The van der Waals surface area contributed by atoms with Crippen molar-refractivity contribution in [1.82, 2.24) is 5.32 Å². The Kier molecular flexibility index (Phi) is 6.26. The van der Waals surface area contributed by atoms with Crippen LogP contribution in [0.25, 0.3) is 0 Å². The van der Waals surface area contributed by atoms with Crippen LogP contribution in [0.4, 0.5) is 5.69 Å².